The fraction of sp³-hybridized carbons (Fsp3) is 0.130. The van der Waals surface area contributed by atoms with Crippen LogP contribution in [0.1, 0.15) is 17.5 Å². The Balaban J connectivity index is 1.92. The molecular formula is C23H21NO4S. The van der Waals surface area contributed by atoms with Gasteiger partial charge >= 0.3 is 5.97 Å². The second-order valence-corrected chi connectivity index (χ2v) is 8.59. The molecule has 5 nitrogen and oxygen atoms in total. The third-order valence-electron chi connectivity index (χ3n) is 4.43. The van der Waals surface area contributed by atoms with Crippen LogP contribution in [0, 0.1) is 0 Å². The second-order valence-electron chi connectivity index (χ2n) is 6.48. The molecule has 0 heterocycles. The first-order valence-corrected chi connectivity index (χ1v) is 10.8. The van der Waals surface area contributed by atoms with Crippen LogP contribution in [0.2, 0.25) is 0 Å². The first-order chi connectivity index (χ1) is 14.0. The van der Waals surface area contributed by atoms with Gasteiger partial charge < -0.3 is 5.11 Å². The van der Waals surface area contributed by atoms with Gasteiger partial charge in [0.05, 0.1) is 16.4 Å². The van der Waals surface area contributed by atoms with Crippen LogP contribution in [0.4, 0.5) is 0 Å². The fourth-order valence-corrected chi connectivity index (χ4v) is 4.26. The molecule has 3 aromatic carbocycles. The van der Waals surface area contributed by atoms with Crippen LogP contribution in [0.5, 0.6) is 0 Å². The van der Waals surface area contributed by atoms with E-state index >= 15 is 0 Å². The number of rotatable bonds is 8. The molecule has 0 aliphatic rings. The lowest BCUT2D eigenvalue weighted by Gasteiger charge is -2.13. The van der Waals surface area contributed by atoms with E-state index < -0.39 is 21.8 Å². The molecule has 0 aliphatic heterocycles. The molecule has 0 spiro atoms. The lowest BCUT2D eigenvalue weighted by molar-refractivity contribution is -0.138. The predicted molar refractivity (Wildman–Crippen MR) is 113 cm³/mol. The molecule has 0 amide bonds. The molecule has 148 valence electrons. The number of aliphatic carboxylic acids is 1. The average molecular weight is 407 g/mol. The van der Waals surface area contributed by atoms with Gasteiger partial charge in [0.1, 0.15) is 6.04 Å². The molecule has 3 rings (SSSR count). The van der Waals surface area contributed by atoms with E-state index in [1.165, 1.54) is 12.1 Å². The molecule has 0 radical (unpaired) electrons. The van der Waals surface area contributed by atoms with Gasteiger partial charge in [-0.15, -0.1) is 0 Å². The zero-order valence-corrected chi connectivity index (χ0v) is 16.5. The van der Waals surface area contributed by atoms with Crippen LogP contribution in [0.25, 0.3) is 0 Å². The molecule has 1 unspecified atom stereocenters. The number of nitrogens with zero attached hydrogens (tertiary/aromatic N) is 1. The Labute approximate surface area is 170 Å². The second kappa shape index (κ2) is 9.30. The Morgan fingerprint density at radius 1 is 0.793 bits per heavy atom. The molecule has 0 bridgehead atoms. The summed E-state index contributed by atoms with van der Waals surface area (Å²) in [5.74, 6) is -1.45. The summed E-state index contributed by atoms with van der Waals surface area (Å²) in [5.41, 5.74) is 2.07. The molecule has 0 fully saturated rings. The SMILES string of the molecule is O=C(O)C(CCS(=O)(=O)c1ccccc1)N=C(c1ccccc1)c1ccccc1. The summed E-state index contributed by atoms with van der Waals surface area (Å²) in [7, 11) is -3.59. The third-order valence-corrected chi connectivity index (χ3v) is 6.19. The van der Waals surface area contributed by atoms with Crippen molar-refractivity contribution in [1.82, 2.24) is 0 Å². The largest absolute Gasteiger partial charge is 0.480 e. The standard InChI is InChI=1S/C23H21NO4S/c25-23(26)21(16-17-29(27,28)20-14-8-3-9-15-20)24-22(18-10-4-1-5-11-18)19-12-6-2-7-13-19/h1-15,21H,16-17H2,(H,25,26). The minimum atomic E-state index is -3.59. The molecule has 1 atom stereocenters. The third kappa shape index (κ3) is 5.39. The number of carbonyl (C=O) groups is 1. The number of hydrogen-bond donors (Lipinski definition) is 1. The van der Waals surface area contributed by atoms with Crippen molar-refractivity contribution in [2.24, 2.45) is 4.99 Å². The van der Waals surface area contributed by atoms with Gasteiger partial charge in [0.2, 0.25) is 0 Å². The van der Waals surface area contributed by atoms with Crippen LogP contribution in [0.15, 0.2) is 101 Å². The van der Waals surface area contributed by atoms with E-state index in [0.717, 1.165) is 11.1 Å². The van der Waals surface area contributed by atoms with Crippen molar-refractivity contribution in [3.05, 3.63) is 102 Å². The number of carboxylic acids is 1. The van der Waals surface area contributed by atoms with Crippen molar-refractivity contribution in [2.45, 2.75) is 17.4 Å². The van der Waals surface area contributed by atoms with Crippen molar-refractivity contribution in [1.29, 1.82) is 0 Å². The lowest BCUT2D eigenvalue weighted by Crippen LogP contribution is -2.24. The van der Waals surface area contributed by atoms with Crippen molar-refractivity contribution in [3.63, 3.8) is 0 Å². The fourth-order valence-electron chi connectivity index (χ4n) is 2.92. The highest BCUT2D eigenvalue weighted by molar-refractivity contribution is 7.91. The highest BCUT2D eigenvalue weighted by Gasteiger charge is 2.23. The van der Waals surface area contributed by atoms with E-state index in [2.05, 4.69) is 4.99 Å². The van der Waals surface area contributed by atoms with Crippen molar-refractivity contribution < 1.29 is 18.3 Å². The van der Waals surface area contributed by atoms with Gasteiger partial charge in [-0.25, -0.2) is 13.2 Å². The summed E-state index contributed by atoms with van der Waals surface area (Å²) in [5, 5.41) is 9.68. The normalized spacial score (nSPS) is 12.1. The molecule has 29 heavy (non-hydrogen) atoms. The van der Waals surface area contributed by atoms with Crippen molar-refractivity contribution in [2.75, 3.05) is 5.75 Å². The molecule has 0 aromatic heterocycles. The van der Waals surface area contributed by atoms with Gasteiger partial charge in [-0.3, -0.25) is 4.99 Å². The van der Waals surface area contributed by atoms with E-state index in [1.807, 2.05) is 60.7 Å². The topological polar surface area (TPSA) is 83.8 Å². The van der Waals surface area contributed by atoms with Crippen LogP contribution in [-0.4, -0.2) is 37.0 Å². The van der Waals surface area contributed by atoms with E-state index in [4.69, 9.17) is 0 Å². The summed E-state index contributed by atoms with van der Waals surface area (Å²) in [4.78, 5) is 16.5. The van der Waals surface area contributed by atoms with Gasteiger partial charge in [0.25, 0.3) is 0 Å². The van der Waals surface area contributed by atoms with E-state index in [1.54, 1.807) is 18.2 Å². The van der Waals surface area contributed by atoms with Gasteiger partial charge in [0, 0.05) is 11.1 Å². The summed E-state index contributed by atoms with van der Waals surface area (Å²) in [6.45, 7) is 0. The zero-order chi connectivity index (χ0) is 20.7. The van der Waals surface area contributed by atoms with Crippen LogP contribution >= 0.6 is 0 Å². The van der Waals surface area contributed by atoms with E-state index in [-0.39, 0.29) is 17.1 Å². The smallest absolute Gasteiger partial charge is 0.328 e. The number of benzene rings is 3. The minimum Gasteiger partial charge on any atom is -0.480 e. The Morgan fingerprint density at radius 3 is 1.69 bits per heavy atom. The molecule has 6 heteroatoms. The first-order valence-electron chi connectivity index (χ1n) is 9.16. The summed E-state index contributed by atoms with van der Waals surface area (Å²) >= 11 is 0. The highest BCUT2D eigenvalue weighted by Crippen LogP contribution is 2.16. The summed E-state index contributed by atoms with van der Waals surface area (Å²) < 4.78 is 25.1. The van der Waals surface area contributed by atoms with E-state index in [0.29, 0.717) is 5.71 Å². The Kier molecular flexibility index (Phi) is 6.57. The summed E-state index contributed by atoms with van der Waals surface area (Å²) in [6, 6.07) is 25.4. The van der Waals surface area contributed by atoms with Gasteiger partial charge in [-0.2, -0.15) is 0 Å². The molecule has 1 N–H and O–H groups in total. The maximum atomic E-state index is 12.5. The molecule has 3 aromatic rings. The van der Waals surface area contributed by atoms with Crippen LogP contribution in [0.3, 0.4) is 0 Å². The Hall–Kier alpha value is -3.25. The van der Waals surface area contributed by atoms with Gasteiger partial charge in [-0.05, 0) is 18.6 Å². The number of sulfone groups is 1. The average Bonchev–Trinajstić information content (AvgIpc) is 2.75. The minimum absolute atomic E-state index is 0.115. The molecule has 0 saturated carbocycles. The number of hydrogen-bond acceptors (Lipinski definition) is 4. The highest BCUT2D eigenvalue weighted by atomic mass is 32.2. The quantitative estimate of drug-likeness (QED) is 0.575. The summed E-state index contributed by atoms with van der Waals surface area (Å²) in [6.07, 6.45) is -0.115. The van der Waals surface area contributed by atoms with Crippen molar-refractivity contribution in [3.8, 4) is 0 Å². The Morgan fingerprint density at radius 2 is 1.24 bits per heavy atom. The lowest BCUT2D eigenvalue weighted by atomic mass is 10.0. The molecular weight excluding hydrogens is 386 g/mol. The first kappa shape index (κ1) is 20.5. The maximum absolute atomic E-state index is 12.5. The molecule has 0 saturated heterocycles. The number of aliphatic imine (C=N–C) groups is 1. The monoisotopic (exact) mass is 407 g/mol. The van der Waals surface area contributed by atoms with Crippen LogP contribution in [-0.2, 0) is 14.6 Å². The Bertz CT molecular complexity index is 1040. The predicted octanol–water partition coefficient (Wildman–Crippen LogP) is 3.84. The molecule has 0 aliphatic carbocycles. The zero-order valence-electron chi connectivity index (χ0n) is 15.7. The van der Waals surface area contributed by atoms with Crippen LogP contribution < -0.4 is 0 Å². The number of carboxylic acid groups (broad SMARTS) is 1. The van der Waals surface area contributed by atoms with Gasteiger partial charge in [0.15, 0.2) is 9.84 Å². The van der Waals surface area contributed by atoms with E-state index in [9.17, 15) is 18.3 Å². The van der Waals surface area contributed by atoms with Gasteiger partial charge in [-0.1, -0.05) is 78.9 Å². The van der Waals surface area contributed by atoms with Crippen molar-refractivity contribution >= 4 is 21.5 Å². The maximum Gasteiger partial charge on any atom is 0.328 e.